The number of methoxy groups -OCH3 is 1. The lowest BCUT2D eigenvalue weighted by Gasteiger charge is -2.11. The highest BCUT2D eigenvalue weighted by Crippen LogP contribution is 2.27. The van der Waals surface area contributed by atoms with Gasteiger partial charge in [-0.15, -0.1) is 0 Å². The number of hydrogen-bond acceptors (Lipinski definition) is 4. The molecular weight excluding hydrogens is 377 g/mol. The second kappa shape index (κ2) is 8.24. The highest BCUT2D eigenvalue weighted by Gasteiger charge is 2.13. The quantitative estimate of drug-likeness (QED) is 0.769. The van der Waals surface area contributed by atoms with Crippen molar-refractivity contribution in [3.63, 3.8) is 0 Å². The summed E-state index contributed by atoms with van der Waals surface area (Å²) in [6.45, 7) is -0.477. The van der Waals surface area contributed by atoms with Crippen molar-refractivity contribution in [1.29, 1.82) is 0 Å². The van der Waals surface area contributed by atoms with Crippen molar-refractivity contribution in [3.05, 3.63) is 57.0 Å². The number of nitrogens with one attached hydrogen (secondary N) is 1. The molecule has 0 saturated heterocycles. The first-order valence-corrected chi connectivity index (χ1v) is 7.79. The Balaban J connectivity index is 1.97. The number of carbonyl (C=O) groups is 2. The van der Waals surface area contributed by atoms with Gasteiger partial charge in [-0.2, -0.15) is 0 Å². The van der Waals surface area contributed by atoms with E-state index in [4.69, 9.17) is 44.3 Å². The molecule has 0 fully saturated rings. The molecule has 1 amide bonds. The zero-order valence-electron chi connectivity index (χ0n) is 12.4. The van der Waals surface area contributed by atoms with Crippen LogP contribution in [0.15, 0.2) is 36.4 Å². The maximum atomic E-state index is 11.9. The lowest BCUT2D eigenvalue weighted by Crippen LogP contribution is -2.21. The molecule has 126 valence electrons. The molecule has 2 aromatic carbocycles. The number of carbonyl (C=O) groups excluding carboxylic acids is 2. The summed E-state index contributed by atoms with van der Waals surface area (Å²) in [7, 11) is 1.46. The van der Waals surface area contributed by atoms with E-state index in [9.17, 15) is 9.59 Å². The first kappa shape index (κ1) is 18.4. The molecule has 0 radical (unpaired) electrons. The number of ether oxygens (including phenoxy) is 2. The van der Waals surface area contributed by atoms with E-state index in [0.717, 1.165) is 0 Å². The monoisotopic (exact) mass is 387 g/mol. The van der Waals surface area contributed by atoms with Crippen molar-refractivity contribution in [2.45, 2.75) is 0 Å². The molecule has 24 heavy (non-hydrogen) atoms. The number of amides is 1. The van der Waals surface area contributed by atoms with Crippen LogP contribution in [0.1, 0.15) is 10.4 Å². The fourth-order valence-corrected chi connectivity index (χ4v) is 2.27. The van der Waals surface area contributed by atoms with Gasteiger partial charge >= 0.3 is 5.97 Å². The van der Waals surface area contributed by atoms with Gasteiger partial charge in [0.25, 0.3) is 5.91 Å². The van der Waals surface area contributed by atoms with Crippen molar-refractivity contribution in [2.24, 2.45) is 0 Å². The average molecular weight is 389 g/mol. The van der Waals surface area contributed by atoms with Crippen LogP contribution in [0.3, 0.4) is 0 Å². The van der Waals surface area contributed by atoms with Crippen LogP contribution in [-0.4, -0.2) is 25.6 Å². The van der Waals surface area contributed by atoms with Gasteiger partial charge in [0.1, 0.15) is 5.75 Å². The van der Waals surface area contributed by atoms with Gasteiger partial charge in [0.2, 0.25) is 0 Å². The van der Waals surface area contributed by atoms with Crippen LogP contribution >= 0.6 is 34.8 Å². The third kappa shape index (κ3) is 4.77. The van der Waals surface area contributed by atoms with Crippen molar-refractivity contribution in [1.82, 2.24) is 0 Å². The van der Waals surface area contributed by atoms with E-state index in [1.165, 1.54) is 31.4 Å². The highest BCUT2D eigenvalue weighted by molar-refractivity contribution is 6.42. The Hall–Kier alpha value is -1.95. The number of anilines is 1. The van der Waals surface area contributed by atoms with Crippen LogP contribution in [0.25, 0.3) is 0 Å². The number of halogens is 3. The standard InChI is InChI=1S/C16H12Cl3NO4/c1-23-14-5-3-10(17)7-13(14)20-15(21)8-24-16(22)9-2-4-11(18)12(19)6-9/h2-7H,8H2,1H3,(H,20,21). The SMILES string of the molecule is COc1ccc(Cl)cc1NC(=O)COC(=O)c1ccc(Cl)c(Cl)c1. The fraction of sp³-hybridized carbons (Fsp3) is 0.125. The first-order chi connectivity index (χ1) is 11.4. The van der Waals surface area contributed by atoms with Gasteiger partial charge in [0.15, 0.2) is 6.61 Å². The molecular formula is C16H12Cl3NO4. The molecule has 0 aliphatic carbocycles. The van der Waals surface area contributed by atoms with Crippen LogP contribution in [0, 0.1) is 0 Å². The zero-order chi connectivity index (χ0) is 17.7. The molecule has 0 aliphatic rings. The van der Waals surface area contributed by atoms with Crippen molar-refractivity contribution >= 4 is 52.4 Å². The maximum absolute atomic E-state index is 11.9. The van der Waals surface area contributed by atoms with Crippen LogP contribution in [0.4, 0.5) is 5.69 Å². The minimum atomic E-state index is -0.693. The van der Waals surface area contributed by atoms with Crippen LogP contribution in [-0.2, 0) is 9.53 Å². The minimum absolute atomic E-state index is 0.192. The van der Waals surface area contributed by atoms with Crippen LogP contribution in [0.2, 0.25) is 15.1 Å². The number of hydrogen-bond donors (Lipinski definition) is 1. The highest BCUT2D eigenvalue weighted by atomic mass is 35.5. The molecule has 0 saturated carbocycles. The van der Waals surface area contributed by atoms with Gasteiger partial charge < -0.3 is 14.8 Å². The molecule has 8 heteroatoms. The van der Waals surface area contributed by atoms with E-state index >= 15 is 0 Å². The largest absolute Gasteiger partial charge is 0.495 e. The van der Waals surface area contributed by atoms with Gasteiger partial charge in [0.05, 0.1) is 28.4 Å². The molecule has 0 spiro atoms. The zero-order valence-corrected chi connectivity index (χ0v) is 14.7. The van der Waals surface area contributed by atoms with E-state index < -0.39 is 18.5 Å². The topological polar surface area (TPSA) is 64.6 Å². The summed E-state index contributed by atoms with van der Waals surface area (Å²) >= 11 is 17.5. The molecule has 0 aliphatic heterocycles. The number of esters is 1. The molecule has 1 N–H and O–H groups in total. The fourth-order valence-electron chi connectivity index (χ4n) is 1.80. The average Bonchev–Trinajstić information content (AvgIpc) is 2.55. The summed E-state index contributed by atoms with van der Waals surface area (Å²) in [5, 5.41) is 3.53. The van der Waals surface area contributed by atoms with Crippen LogP contribution < -0.4 is 10.1 Å². The van der Waals surface area contributed by atoms with E-state index in [0.29, 0.717) is 21.5 Å². The predicted octanol–water partition coefficient (Wildman–Crippen LogP) is 4.45. The van der Waals surface area contributed by atoms with Gasteiger partial charge in [-0.05, 0) is 36.4 Å². The summed E-state index contributed by atoms with van der Waals surface area (Å²) in [5.74, 6) is -0.797. The first-order valence-electron chi connectivity index (χ1n) is 6.66. The smallest absolute Gasteiger partial charge is 0.338 e. The summed E-state index contributed by atoms with van der Waals surface area (Å²) in [6, 6.07) is 9.05. The Morgan fingerprint density at radius 3 is 2.46 bits per heavy atom. The third-order valence-electron chi connectivity index (χ3n) is 2.93. The van der Waals surface area contributed by atoms with E-state index in [1.54, 1.807) is 12.1 Å². The lowest BCUT2D eigenvalue weighted by molar-refractivity contribution is -0.119. The molecule has 0 bridgehead atoms. The van der Waals surface area contributed by atoms with Gasteiger partial charge in [0, 0.05) is 5.02 Å². The Morgan fingerprint density at radius 2 is 1.79 bits per heavy atom. The molecule has 0 unspecified atom stereocenters. The molecule has 2 aromatic rings. The van der Waals surface area contributed by atoms with Crippen LogP contribution in [0.5, 0.6) is 5.75 Å². The minimum Gasteiger partial charge on any atom is -0.495 e. The Bertz CT molecular complexity index is 780. The molecule has 0 atom stereocenters. The third-order valence-corrected chi connectivity index (χ3v) is 3.90. The molecule has 0 aromatic heterocycles. The van der Waals surface area contributed by atoms with E-state index in [-0.39, 0.29) is 10.6 Å². The van der Waals surface area contributed by atoms with Crippen molar-refractivity contribution in [2.75, 3.05) is 19.0 Å². The summed E-state index contributed by atoms with van der Waals surface area (Å²) in [5.41, 5.74) is 0.568. The van der Waals surface area contributed by atoms with E-state index in [1.807, 2.05) is 0 Å². The summed E-state index contributed by atoms with van der Waals surface area (Å²) < 4.78 is 10.0. The normalized spacial score (nSPS) is 10.2. The second-order valence-electron chi connectivity index (χ2n) is 4.60. The maximum Gasteiger partial charge on any atom is 0.338 e. The van der Waals surface area contributed by atoms with Crippen molar-refractivity contribution < 1.29 is 19.1 Å². The lowest BCUT2D eigenvalue weighted by atomic mass is 10.2. The van der Waals surface area contributed by atoms with Gasteiger partial charge in [-0.25, -0.2) is 4.79 Å². The Labute approximate surface area is 153 Å². The number of rotatable bonds is 5. The second-order valence-corrected chi connectivity index (χ2v) is 5.85. The van der Waals surface area contributed by atoms with Gasteiger partial charge in [-0.1, -0.05) is 34.8 Å². The predicted molar refractivity (Wildman–Crippen MR) is 93.4 cm³/mol. The molecule has 0 heterocycles. The van der Waals surface area contributed by atoms with Crippen molar-refractivity contribution in [3.8, 4) is 5.75 Å². The Kier molecular flexibility index (Phi) is 6.31. The number of benzene rings is 2. The Morgan fingerprint density at radius 1 is 1.04 bits per heavy atom. The summed E-state index contributed by atoms with van der Waals surface area (Å²) in [4.78, 5) is 23.8. The molecule has 2 rings (SSSR count). The van der Waals surface area contributed by atoms with Gasteiger partial charge in [-0.3, -0.25) is 4.79 Å². The summed E-state index contributed by atoms with van der Waals surface area (Å²) in [6.07, 6.45) is 0. The molecule has 5 nitrogen and oxygen atoms in total. The van der Waals surface area contributed by atoms with E-state index in [2.05, 4.69) is 5.32 Å².